The molecule has 1 saturated heterocycles. The van der Waals surface area contributed by atoms with Crippen molar-refractivity contribution in [3.63, 3.8) is 0 Å². The minimum atomic E-state index is -2.96. The SMILES string of the molecule is CC(=O)c1cccc(Nc2cc(C)nc(NC3CCS(=O)(=O)C3)n2)c1. The van der Waals surface area contributed by atoms with Crippen molar-refractivity contribution >= 4 is 33.1 Å². The van der Waals surface area contributed by atoms with E-state index < -0.39 is 9.84 Å². The molecule has 1 fully saturated rings. The van der Waals surface area contributed by atoms with Crippen molar-refractivity contribution in [2.45, 2.75) is 26.3 Å². The van der Waals surface area contributed by atoms with Crippen LogP contribution in [0.3, 0.4) is 0 Å². The number of nitrogens with zero attached hydrogens (tertiary/aromatic N) is 2. The largest absolute Gasteiger partial charge is 0.350 e. The zero-order valence-electron chi connectivity index (χ0n) is 14.1. The van der Waals surface area contributed by atoms with Crippen LogP contribution in [0.2, 0.25) is 0 Å². The summed E-state index contributed by atoms with van der Waals surface area (Å²) < 4.78 is 23.1. The molecular weight excluding hydrogens is 340 g/mol. The van der Waals surface area contributed by atoms with Gasteiger partial charge in [0.2, 0.25) is 5.95 Å². The maximum atomic E-state index is 11.6. The zero-order chi connectivity index (χ0) is 18.0. The van der Waals surface area contributed by atoms with Crippen LogP contribution in [-0.4, -0.2) is 41.7 Å². The van der Waals surface area contributed by atoms with Gasteiger partial charge < -0.3 is 10.6 Å². The number of aromatic nitrogens is 2. The molecule has 2 heterocycles. The van der Waals surface area contributed by atoms with Crippen LogP contribution in [0.25, 0.3) is 0 Å². The van der Waals surface area contributed by atoms with E-state index in [0.29, 0.717) is 23.8 Å². The third-order valence-electron chi connectivity index (χ3n) is 3.96. The highest BCUT2D eigenvalue weighted by Crippen LogP contribution is 2.20. The number of carbonyl (C=O) groups is 1. The highest BCUT2D eigenvalue weighted by Gasteiger charge is 2.28. The van der Waals surface area contributed by atoms with Crippen LogP contribution < -0.4 is 10.6 Å². The quantitative estimate of drug-likeness (QED) is 0.789. The molecule has 1 atom stereocenters. The van der Waals surface area contributed by atoms with Crippen molar-refractivity contribution in [2.24, 2.45) is 0 Å². The number of Topliss-reactive ketones (excluding diaryl/α,β-unsaturated/α-hetero) is 1. The van der Waals surface area contributed by atoms with E-state index >= 15 is 0 Å². The molecule has 0 aliphatic carbocycles. The summed E-state index contributed by atoms with van der Waals surface area (Å²) in [4.78, 5) is 20.2. The van der Waals surface area contributed by atoms with Crippen LogP contribution in [-0.2, 0) is 9.84 Å². The van der Waals surface area contributed by atoms with Crippen molar-refractivity contribution in [3.8, 4) is 0 Å². The molecule has 7 nitrogen and oxygen atoms in total. The lowest BCUT2D eigenvalue weighted by Gasteiger charge is -2.13. The lowest BCUT2D eigenvalue weighted by atomic mass is 10.1. The summed E-state index contributed by atoms with van der Waals surface area (Å²) in [6.45, 7) is 3.36. The van der Waals surface area contributed by atoms with E-state index in [-0.39, 0.29) is 23.3 Å². The minimum Gasteiger partial charge on any atom is -0.350 e. The van der Waals surface area contributed by atoms with Gasteiger partial charge in [0.25, 0.3) is 0 Å². The topological polar surface area (TPSA) is 101 Å². The van der Waals surface area contributed by atoms with Crippen molar-refractivity contribution in [3.05, 3.63) is 41.6 Å². The second-order valence-electron chi connectivity index (χ2n) is 6.22. The molecular formula is C17H20N4O3S. The first-order valence-corrected chi connectivity index (χ1v) is 9.83. The van der Waals surface area contributed by atoms with Crippen molar-refractivity contribution in [1.29, 1.82) is 0 Å². The monoisotopic (exact) mass is 360 g/mol. The Morgan fingerprint density at radius 2 is 2.04 bits per heavy atom. The van der Waals surface area contributed by atoms with Gasteiger partial charge in [0.15, 0.2) is 15.6 Å². The van der Waals surface area contributed by atoms with Gasteiger partial charge in [-0.25, -0.2) is 13.4 Å². The highest BCUT2D eigenvalue weighted by atomic mass is 32.2. The van der Waals surface area contributed by atoms with Gasteiger partial charge in [-0.3, -0.25) is 4.79 Å². The van der Waals surface area contributed by atoms with E-state index in [0.717, 1.165) is 11.4 Å². The summed E-state index contributed by atoms with van der Waals surface area (Å²) >= 11 is 0. The van der Waals surface area contributed by atoms with Crippen LogP contribution in [0.4, 0.5) is 17.5 Å². The number of carbonyl (C=O) groups excluding carboxylic acids is 1. The van der Waals surface area contributed by atoms with E-state index in [1.54, 1.807) is 24.3 Å². The number of aryl methyl sites for hydroxylation is 1. The molecule has 1 aliphatic rings. The van der Waals surface area contributed by atoms with Gasteiger partial charge in [-0.2, -0.15) is 4.98 Å². The molecule has 3 rings (SSSR count). The van der Waals surface area contributed by atoms with Crippen LogP contribution in [0.15, 0.2) is 30.3 Å². The fourth-order valence-corrected chi connectivity index (χ4v) is 4.43. The molecule has 25 heavy (non-hydrogen) atoms. The number of hydrogen-bond acceptors (Lipinski definition) is 7. The lowest BCUT2D eigenvalue weighted by Crippen LogP contribution is -2.22. The van der Waals surface area contributed by atoms with Gasteiger partial charge in [-0.05, 0) is 32.4 Å². The molecule has 1 unspecified atom stereocenters. The molecule has 0 radical (unpaired) electrons. The van der Waals surface area contributed by atoms with E-state index in [4.69, 9.17) is 0 Å². The molecule has 0 spiro atoms. The summed E-state index contributed by atoms with van der Waals surface area (Å²) in [6, 6.07) is 8.79. The highest BCUT2D eigenvalue weighted by molar-refractivity contribution is 7.91. The number of benzene rings is 1. The third kappa shape index (κ3) is 4.54. The van der Waals surface area contributed by atoms with Crippen LogP contribution in [0, 0.1) is 6.92 Å². The first-order valence-electron chi connectivity index (χ1n) is 8.01. The molecule has 1 aliphatic heterocycles. The third-order valence-corrected chi connectivity index (χ3v) is 5.73. The standard InChI is InChI=1S/C17H20N4O3S/c1-11-8-16(19-14-5-3-4-13(9-14)12(2)22)21-17(18-11)20-15-6-7-25(23,24)10-15/h3-5,8-9,15H,6-7,10H2,1-2H3,(H2,18,19,20,21). The number of ketones is 1. The molecule has 1 aromatic heterocycles. The van der Waals surface area contributed by atoms with Gasteiger partial charge in [0.05, 0.1) is 11.5 Å². The first kappa shape index (κ1) is 17.3. The number of hydrogen-bond donors (Lipinski definition) is 2. The predicted octanol–water partition coefficient (Wildman–Crippen LogP) is 2.33. The van der Waals surface area contributed by atoms with Gasteiger partial charge in [-0.1, -0.05) is 12.1 Å². The molecule has 2 N–H and O–H groups in total. The number of sulfone groups is 1. The molecule has 2 aromatic rings. The molecule has 0 amide bonds. The Balaban J connectivity index is 1.78. The van der Waals surface area contributed by atoms with E-state index in [1.807, 2.05) is 13.0 Å². The van der Waals surface area contributed by atoms with Crippen LogP contribution in [0.1, 0.15) is 29.4 Å². The number of nitrogens with one attached hydrogen (secondary N) is 2. The summed E-state index contributed by atoms with van der Waals surface area (Å²) in [5.41, 5.74) is 2.12. The van der Waals surface area contributed by atoms with Gasteiger partial charge >= 0.3 is 0 Å². The molecule has 132 valence electrons. The molecule has 0 bridgehead atoms. The van der Waals surface area contributed by atoms with E-state index in [9.17, 15) is 13.2 Å². The second-order valence-corrected chi connectivity index (χ2v) is 8.45. The van der Waals surface area contributed by atoms with Crippen LogP contribution >= 0.6 is 0 Å². The molecule has 8 heteroatoms. The summed E-state index contributed by atoms with van der Waals surface area (Å²) in [5.74, 6) is 1.27. The number of anilines is 3. The maximum Gasteiger partial charge on any atom is 0.225 e. The van der Waals surface area contributed by atoms with Crippen LogP contribution in [0.5, 0.6) is 0 Å². The first-order chi connectivity index (χ1) is 11.8. The predicted molar refractivity (Wildman–Crippen MR) is 97.2 cm³/mol. The normalized spacial score (nSPS) is 18.7. The lowest BCUT2D eigenvalue weighted by molar-refractivity contribution is 0.101. The summed E-state index contributed by atoms with van der Waals surface area (Å²) in [5, 5.41) is 6.26. The van der Waals surface area contributed by atoms with E-state index in [2.05, 4.69) is 20.6 Å². The number of rotatable bonds is 5. The van der Waals surface area contributed by atoms with Crippen molar-refractivity contribution in [2.75, 3.05) is 22.1 Å². The second kappa shape index (κ2) is 6.79. The Morgan fingerprint density at radius 3 is 2.72 bits per heavy atom. The van der Waals surface area contributed by atoms with Crippen molar-refractivity contribution in [1.82, 2.24) is 9.97 Å². The van der Waals surface area contributed by atoms with E-state index in [1.165, 1.54) is 6.92 Å². The van der Waals surface area contributed by atoms with Gasteiger partial charge in [0.1, 0.15) is 5.82 Å². The molecule has 1 aromatic carbocycles. The average molecular weight is 360 g/mol. The Hall–Kier alpha value is -2.48. The Labute approximate surface area is 146 Å². The fourth-order valence-electron chi connectivity index (χ4n) is 2.75. The maximum absolute atomic E-state index is 11.6. The Morgan fingerprint density at radius 1 is 1.24 bits per heavy atom. The Kier molecular flexibility index (Phi) is 4.71. The van der Waals surface area contributed by atoms with Crippen molar-refractivity contribution < 1.29 is 13.2 Å². The van der Waals surface area contributed by atoms with Gasteiger partial charge in [0, 0.05) is 29.1 Å². The molecule has 0 saturated carbocycles. The summed E-state index contributed by atoms with van der Waals surface area (Å²) in [7, 11) is -2.96. The fraction of sp³-hybridized carbons (Fsp3) is 0.353. The summed E-state index contributed by atoms with van der Waals surface area (Å²) in [6.07, 6.45) is 0.559. The smallest absolute Gasteiger partial charge is 0.225 e. The minimum absolute atomic E-state index is 0.00711. The Bertz CT molecular complexity index is 912. The zero-order valence-corrected chi connectivity index (χ0v) is 14.9. The average Bonchev–Trinajstić information content (AvgIpc) is 2.85. The van der Waals surface area contributed by atoms with Gasteiger partial charge in [-0.15, -0.1) is 0 Å².